The van der Waals surface area contributed by atoms with Crippen molar-refractivity contribution >= 4 is 21.6 Å². The van der Waals surface area contributed by atoms with E-state index in [-0.39, 0.29) is 16.6 Å². The molecule has 9 heteroatoms. The number of anilines is 1. The van der Waals surface area contributed by atoms with Gasteiger partial charge in [-0.05, 0) is 61.5 Å². The van der Waals surface area contributed by atoms with Gasteiger partial charge in [0, 0.05) is 30.5 Å². The van der Waals surface area contributed by atoms with Crippen molar-refractivity contribution in [1.82, 2.24) is 9.29 Å². The van der Waals surface area contributed by atoms with Crippen LogP contribution in [0.5, 0.6) is 17.2 Å². The topological polar surface area (TPSA) is 97.8 Å². The number of carbonyl (C=O) groups excluding carboxylic acids is 1. The van der Waals surface area contributed by atoms with Crippen molar-refractivity contribution in [2.75, 3.05) is 25.0 Å². The number of amides is 1. The van der Waals surface area contributed by atoms with Crippen molar-refractivity contribution in [2.24, 2.45) is 0 Å². The van der Waals surface area contributed by atoms with Crippen LogP contribution in [0.3, 0.4) is 0 Å². The van der Waals surface area contributed by atoms with Gasteiger partial charge >= 0.3 is 0 Å². The third-order valence-electron chi connectivity index (χ3n) is 4.81. The molecule has 33 heavy (non-hydrogen) atoms. The lowest BCUT2D eigenvalue weighted by atomic mass is 10.2. The molecular formula is C24H27N3O5S. The van der Waals surface area contributed by atoms with Crippen LogP contribution in [0.2, 0.25) is 0 Å². The van der Waals surface area contributed by atoms with E-state index < -0.39 is 10.0 Å². The molecule has 1 amide bonds. The maximum absolute atomic E-state index is 13.1. The number of hydrogen-bond donors (Lipinski definition) is 1. The zero-order valence-electron chi connectivity index (χ0n) is 18.8. The van der Waals surface area contributed by atoms with Crippen LogP contribution in [0, 0.1) is 0 Å². The Morgan fingerprint density at radius 1 is 1.00 bits per heavy atom. The summed E-state index contributed by atoms with van der Waals surface area (Å²) >= 11 is 0. The molecule has 3 aromatic rings. The summed E-state index contributed by atoms with van der Waals surface area (Å²) in [4.78, 5) is 16.8. The molecule has 174 valence electrons. The molecule has 0 radical (unpaired) electrons. The summed E-state index contributed by atoms with van der Waals surface area (Å²) in [6, 6.07) is 14.8. The zero-order valence-corrected chi connectivity index (χ0v) is 19.6. The number of benzene rings is 2. The van der Waals surface area contributed by atoms with Gasteiger partial charge in [0.25, 0.3) is 5.91 Å². The second kappa shape index (κ2) is 10.9. The Hall–Kier alpha value is -3.43. The molecular weight excluding hydrogens is 442 g/mol. The Morgan fingerprint density at radius 2 is 1.73 bits per heavy atom. The molecule has 0 fully saturated rings. The number of rotatable bonds is 10. The minimum atomic E-state index is -3.78. The standard InChI is InChI=1S/C24H27N3O5S/c1-4-27(5-2)33(29,30)23-16-19(11-14-22(23)31-6-3)26-24(28)18-9-12-20(13-10-18)32-21-8-7-15-25-17-21/h7-17H,4-6H2,1-3H3,(H,26,28). The molecule has 0 atom stereocenters. The average molecular weight is 470 g/mol. The van der Waals surface area contributed by atoms with Crippen molar-refractivity contribution in [3.63, 3.8) is 0 Å². The molecule has 0 saturated carbocycles. The fourth-order valence-electron chi connectivity index (χ4n) is 3.19. The van der Waals surface area contributed by atoms with Crippen molar-refractivity contribution in [3.05, 3.63) is 72.6 Å². The highest BCUT2D eigenvalue weighted by Crippen LogP contribution is 2.30. The summed E-state index contributed by atoms with van der Waals surface area (Å²) in [5.74, 6) is 1.02. The van der Waals surface area contributed by atoms with Crippen LogP contribution >= 0.6 is 0 Å². The molecule has 0 bridgehead atoms. The van der Waals surface area contributed by atoms with Gasteiger partial charge in [-0.2, -0.15) is 4.31 Å². The largest absolute Gasteiger partial charge is 0.492 e. The minimum Gasteiger partial charge on any atom is -0.492 e. The maximum atomic E-state index is 13.1. The van der Waals surface area contributed by atoms with E-state index in [4.69, 9.17) is 9.47 Å². The normalized spacial score (nSPS) is 11.3. The lowest BCUT2D eigenvalue weighted by molar-refractivity contribution is 0.102. The first-order valence-electron chi connectivity index (χ1n) is 10.6. The van der Waals surface area contributed by atoms with E-state index in [0.717, 1.165) is 0 Å². The Labute approximate surface area is 194 Å². The molecule has 0 aliphatic carbocycles. The third-order valence-corrected chi connectivity index (χ3v) is 6.88. The first-order valence-corrected chi connectivity index (χ1v) is 12.1. The van der Waals surface area contributed by atoms with Crippen molar-refractivity contribution < 1.29 is 22.7 Å². The molecule has 3 rings (SSSR count). The minimum absolute atomic E-state index is 0.0195. The fourth-order valence-corrected chi connectivity index (χ4v) is 4.80. The summed E-state index contributed by atoms with van der Waals surface area (Å²) in [7, 11) is -3.78. The number of carbonyl (C=O) groups is 1. The summed E-state index contributed by atoms with van der Waals surface area (Å²) in [6.07, 6.45) is 3.25. The van der Waals surface area contributed by atoms with Gasteiger partial charge < -0.3 is 14.8 Å². The Kier molecular flexibility index (Phi) is 8.02. The second-order valence-corrected chi connectivity index (χ2v) is 8.86. The van der Waals surface area contributed by atoms with Gasteiger partial charge in [-0.15, -0.1) is 0 Å². The second-order valence-electron chi connectivity index (χ2n) is 6.95. The summed E-state index contributed by atoms with van der Waals surface area (Å²) < 4.78 is 38.8. The summed E-state index contributed by atoms with van der Waals surface area (Å²) in [5, 5.41) is 2.76. The van der Waals surface area contributed by atoms with Gasteiger partial charge in [0.15, 0.2) is 0 Å². The molecule has 2 aromatic carbocycles. The fraction of sp³-hybridized carbons (Fsp3) is 0.250. The molecule has 1 heterocycles. The van der Waals surface area contributed by atoms with Gasteiger partial charge in [-0.25, -0.2) is 8.42 Å². The van der Waals surface area contributed by atoms with Crippen molar-refractivity contribution in [3.8, 4) is 17.2 Å². The number of nitrogens with one attached hydrogen (secondary N) is 1. The van der Waals surface area contributed by atoms with Crippen LogP contribution < -0.4 is 14.8 Å². The molecule has 1 N–H and O–H groups in total. The van der Waals surface area contributed by atoms with Gasteiger partial charge in [0.2, 0.25) is 10.0 Å². The molecule has 0 unspecified atom stereocenters. The van der Waals surface area contributed by atoms with Crippen LogP contribution in [0.1, 0.15) is 31.1 Å². The van der Waals surface area contributed by atoms with Gasteiger partial charge in [0.05, 0.1) is 12.8 Å². The van der Waals surface area contributed by atoms with Gasteiger partial charge in [-0.3, -0.25) is 9.78 Å². The predicted octanol–water partition coefficient (Wildman–Crippen LogP) is 4.56. The summed E-state index contributed by atoms with van der Waals surface area (Å²) in [5.41, 5.74) is 0.750. The number of nitrogens with zero attached hydrogens (tertiary/aromatic N) is 2. The van der Waals surface area contributed by atoms with Crippen molar-refractivity contribution in [2.45, 2.75) is 25.7 Å². The van der Waals surface area contributed by atoms with E-state index in [0.29, 0.717) is 42.4 Å². The monoisotopic (exact) mass is 469 g/mol. The van der Waals surface area contributed by atoms with Gasteiger partial charge in [-0.1, -0.05) is 13.8 Å². The number of hydrogen-bond acceptors (Lipinski definition) is 6. The first kappa shape index (κ1) is 24.2. The quantitative estimate of drug-likeness (QED) is 0.468. The van der Waals surface area contributed by atoms with E-state index in [9.17, 15) is 13.2 Å². The smallest absolute Gasteiger partial charge is 0.255 e. The lowest BCUT2D eigenvalue weighted by Gasteiger charge is -2.21. The van der Waals surface area contributed by atoms with Crippen LogP contribution in [-0.4, -0.2) is 43.3 Å². The lowest BCUT2D eigenvalue weighted by Crippen LogP contribution is -2.31. The Morgan fingerprint density at radius 3 is 2.33 bits per heavy atom. The van der Waals surface area contributed by atoms with E-state index >= 15 is 0 Å². The summed E-state index contributed by atoms with van der Waals surface area (Å²) in [6.45, 7) is 6.30. The van der Waals surface area contributed by atoms with Crippen LogP contribution in [0.15, 0.2) is 71.9 Å². The van der Waals surface area contributed by atoms with Crippen LogP contribution in [0.4, 0.5) is 5.69 Å². The van der Waals surface area contributed by atoms with Crippen LogP contribution in [0.25, 0.3) is 0 Å². The third kappa shape index (κ3) is 5.88. The van der Waals surface area contributed by atoms with E-state index in [1.807, 2.05) is 0 Å². The molecule has 0 spiro atoms. The highest BCUT2D eigenvalue weighted by molar-refractivity contribution is 7.89. The first-order chi connectivity index (χ1) is 15.9. The van der Waals surface area contributed by atoms with Crippen LogP contribution in [-0.2, 0) is 10.0 Å². The van der Waals surface area contributed by atoms with Gasteiger partial charge in [0.1, 0.15) is 22.1 Å². The van der Waals surface area contributed by atoms with E-state index in [2.05, 4.69) is 10.3 Å². The number of sulfonamides is 1. The number of pyridine rings is 1. The average Bonchev–Trinajstić information content (AvgIpc) is 2.82. The highest BCUT2D eigenvalue weighted by atomic mass is 32.2. The van der Waals surface area contributed by atoms with Crippen molar-refractivity contribution in [1.29, 1.82) is 0 Å². The molecule has 8 nitrogen and oxygen atoms in total. The SMILES string of the molecule is CCOc1ccc(NC(=O)c2ccc(Oc3cccnc3)cc2)cc1S(=O)(=O)N(CC)CC. The molecule has 0 saturated heterocycles. The Balaban J connectivity index is 1.80. The molecule has 0 aliphatic heterocycles. The van der Waals surface area contributed by atoms with E-state index in [1.54, 1.807) is 81.7 Å². The number of ether oxygens (including phenoxy) is 2. The highest BCUT2D eigenvalue weighted by Gasteiger charge is 2.26. The zero-order chi connectivity index (χ0) is 23.8. The predicted molar refractivity (Wildman–Crippen MR) is 126 cm³/mol. The van der Waals surface area contributed by atoms with E-state index in [1.165, 1.54) is 10.4 Å². The number of aromatic nitrogens is 1. The molecule has 0 aliphatic rings. The molecule has 1 aromatic heterocycles. The Bertz CT molecular complexity index is 1180. The maximum Gasteiger partial charge on any atom is 0.255 e.